The Morgan fingerprint density at radius 3 is 2.74 bits per heavy atom. The summed E-state index contributed by atoms with van der Waals surface area (Å²) in [4.78, 5) is 3.84. The monoisotopic (exact) mass is 276 g/mol. The number of nitriles is 1. The van der Waals surface area contributed by atoms with E-state index >= 15 is 0 Å². The summed E-state index contributed by atoms with van der Waals surface area (Å²) in [5.41, 5.74) is 0.824. The van der Waals surface area contributed by atoms with Crippen LogP contribution in [0.1, 0.15) is 5.56 Å². The Morgan fingerprint density at radius 1 is 1.42 bits per heavy atom. The minimum absolute atomic E-state index is 0.0279. The van der Waals surface area contributed by atoms with Crippen LogP contribution < -0.4 is 4.31 Å². The van der Waals surface area contributed by atoms with E-state index < -0.39 is 10.0 Å². The Labute approximate surface area is 111 Å². The zero-order valence-electron chi connectivity index (χ0n) is 10.5. The molecule has 0 atom stereocenters. The highest BCUT2D eigenvalue weighted by Crippen LogP contribution is 2.21. The quantitative estimate of drug-likeness (QED) is 0.841. The van der Waals surface area contributed by atoms with Crippen molar-refractivity contribution >= 4 is 15.7 Å². The van der Waals surface area contributed by atoms with E-state index in [1.54, 1.807) is 29.8 Å². The van der Waals surface area contributed by atoms with Crippen molar-refractivity contribution in [2.75, 3.05) is 11.4 Å². The number of imidazole rings is 1. The van der Waals surface area contributed by atoms with Crippen molar-refractivity contribution in [1.82, 2.24) is 9.55 Å². The highest BCUT2D eigenvalue weighted by atomic mass is 32.2. The number of aryl methyl sites for hydroxylation is 1. The lowest BCUT2D eigenvalue weighted by molar-refractivity contribution is 0.591. The molecule has 0 N–H and O–H groups in total. The molecular weight excluding hydrogens is 264 g/mol. The Morgan fingerprint density at radius 2 is 2.16 bits per heavy atom. The molecule has 0 bridgehead atoms. The summed E-state index contributed by atoms with van der Waals surface area (Å²) < 4.78 is 27.3. The lowest BCUT2D eigenvalue weighted by Crippen LogP contribution is -2.26. The number of aromatic nitrogens is 2. The van der Waals surface area contributed by atoms with E-state index in [9.17, 15) is 8.42 Å². The van der Waals surface area contributed by atoms with Gasteiger partial charge in [0.15, 0.2) is 5.03 Å². The number of hydrogen-bond acceptors (Lipinski definition) is 4. The molecule has 0 aliphatic rings. The van der Waals surface area contributed by atoms with E-state index in [-0.39, 0.29) is 5.03 Å². The van der Waals surface area contributed by atoms with Crippen LogP contribution in [0.4, 0.5) is 5.69 Å². The molecule has 0 unspecified atom stereocenters. The number of sulfonamides is 1. The Balaban J connectivity index is 2.43. The van der Waals surface area contributed by atoms with Gasteiger partial charge in [-0.1, -0.05) is 6.07 Å². The highest BCUT2D eigenvalue weighted by Gasteiger charge is 2.23. The maximum Gasteiger partial charge on any atom is 0.283 e. The zero-order chi connectivity index (χ0) is 14.0. The van der Waals surface area contributed by atoms with Crippen LogP contribution >= 0.6 is 0 Å². The van der Waals surface area contributed by atoms with Gasteiger partial charge in [0.25, 0.3) is 10.0 Å². The second-order valence-corrected chi connectivity index (χ2v) is 5.93. The van der Waals surface area contributed by atoms with Crippen LogP contribution in [0.25, 0.3) is 0 Å². The Hall–Kier alpha value is -2.33. The van der Waals surface area contributed by atoms with Crippen LogP contribution in [-0.2, 0) is 17.1 Å². The van der Waals surface area contributed by atoms with Gasteiger partial charge in [-0.25, -0.2) is 4.98 Å². The van der Waals surface area contributed by atoms with E-state index in [0.29, 0.717) is 11.3 Å². The Bertz CT molecular complexity index is 743. The van der Waals surface area contributed by atoms with E-state index in [4.69, 9.17) is 5.26 Å². The standard InChI is InChI=1S/C12H12N4O2S/c1-15-8-12(14-9-15)19(17,18)16(2)11-5-3-4-10(6-11)7-13/h3-6,8-9H,1-2H3. The molecule has 19 heavy (non-hydrogen) atoms. The van der Waals surface area contributed by atoms with Crippen molar-refractivity contribution in [1.29, 1.82) is 5.26 Å². The second-order valence-electron chi connectivity index (χ2n) is 4.01. The van der Waals surface area contributed by atoms with Crippen LogP contribution in [0, 0.1) is 11.3 Å². The number of hydrogen-bond donors (Lipinski definition) is 0. The summed E-state index contributed by atoms with van der Waals surface area (Å²) in [5.74, 6) is 0. The van der Waals surface area contributed by atoms with Crippen LogP contribution in [0.5, 0.6) is 0 Å². The SMILES string of the molecule is CN(c1cccc(C#N)c1)S(=O)(=O)c1cn(C)cn1. The van der Waals surface area contributed by atoms with Crippen LogP contribution in [-0.4, -0.2) is 25.0 Å². The fourth-order valence-corrected chi connectivity index (χ4v) is 2.72. The van der Waals surface area contributed by atoms with Gasteiger partial charge in [0.05, 0.1) is 23.6 Å². The number of benzene rings is 1. The maximum atomic E-state index is 12.3. The van der Waals surface area contributed by atoms with Crippen LogP contribution in [0.15, 0.2) is 41.8 Å². The third-order valence-corrected chi connectivity index (χ3v) is 4.32. The molecule has 0 aliphatic heterocycles. The molecule has 0 amide bonds. The summed E-state index contributed by atoms with van der Waals surface area (Å²) in [7, 11) is -0.576. The molecule has 7 heteroatoms. The summed E-state index contributed by atoms with van der Waals surface area (Å²) in [6.45, 7) is 0. The topological polar surface area (TPSA) is 79.0 Å². The third kappa shape index (κ3) is 2.44. The predicted molar refractivity (Wildman–Crippen MR) is 70.0 cm³/mol. The minimum atomic E-state index is -3.70. The molecule has 0 saturated heterocycles. The van der Waals surface area contributed by atoms with Gasteiger partial charge in [0, 0.05) is 20.3 Å². The average molecular weight is 276 g/mol. The van der Waals surface area contributed by atoms with Gasteiger partial charge in [-0.2, -0.15) is 13.7 Å². The first kappa shape index (κ1) is 13.1. The van der Waals surface area contributed by atoms with Gasteiger partial charge in [0.1, 0.15) is 0 Å². The smallest absolute Gasteiger partial charge is 0.283 e. The van der Waals surface area contributed by atoms with Crippen molar-refractivity contribution in [2.45, 2.75) is 5.03 Å². The number of anilines is 1. The fourth-order valence-electron chi connectivity index (χ4n) is 1.57. The summed E-state index contributed by atoms with van der Waals surface area (Å²) in [5, 5.41) is 8.81. The van der Waals surface area contributed by atoms with Gasteiger partial charge in [-0.15, -0.1) is 0 Å². The zero-order valence-corrected chi connectivity index (χ0v) is 11.3. The third-order valence-electron chi connectivity index (χ3n) is 2.64. The van der Waals surface area contributed by atoms with Crippen molar-refractivity contribution in [3.8, 4) is 6.07 Å². The number of nitrogens with zero attached hydrogens (tertiary/aromatic N) is 4. The first-order chi connectivity index (χ1) is 8.95. The van der Waals surface area contributed by atoms with E-state index in [2.05, 4.69) is 4.98 Å². The van der Waals surface area contributed by atoms with E-state index in [1.165, 1.54) is 25.6 Å². The van der Waals surface area contributed by atoms with Crippen molar-refractivity contribution < 1.29 is 8.42 Å². The summed E-state index contributed by atoms with van der Waals surface area (Å²) >= 11 is 0. The molecule has 0 fully saturated rings. The average Bonchev–Trinajstić information content (AvgIpc) is 2.85. The van der Waals surface area contributed by atoms with Crippen molar-refractivity contribution in [2.24, 2.45) is 7.05 Å². The number of rotatable bonds is 3. The first-order valence-corrected chi connectivity index (χ1v) is 6.86. The van der Waals surface area contributed by atoms with E-state index in [1.807, 2.05) is 6.07 Å². The molecule has 2 aromatic rings. The largest absolute Gasteiger partial charge is 0.339 e. The molecule has 0 spiro atoms. The first-order valence-electron chi connectivity index (χ1n) is 5.42. The lowest BCUT2D eigenvalue weighted by atomic mass is 10.2. The van der Waals surface area contributed by atoms with Gasteiger partial charge in [-0.05, 0) is 18.2 Å². The van der Waals surface area contributed by atoms with Crippen LogP contribution in [0.3, 0.4) is 0 Å². The molecule has 1 heterocycles. The molecule has 0 aliphatic carbocycles. The van der Waals surface area contributed by atoms with Gasteiger partial charge in [-0.3, -0.25) is 4.31 Å². The summed E-state index contributed by atoms with van der Waals surface area (Å²) in [6, 6.07) is 8.37. The van der Waals surface area contributed by atoms with E-state index in [0.717, 1.165) is 4.31 Å². The minimum Gasteiger partial charge on any atom is -0.339 e. The van der Waals surface area contributed by atoms with Crippen LogP contribution in [0.2, 0.25) is 0 Å². The normalized spacial score (nSPS) is 11.0. The molecule has 2 rings (SSSR count). The molecule has 0 saturated carbocycles. The Kier molecular flexibility index (Phi) is 3.27. The molecule has 1 aromatic carbocycles. The predicted octanol–water partition coefficient (Wildman–Crippen LogP) is 1.12. The maximum absolute atomic E-state index is 12.3. The molecule has 98 valence electrons. The highest BCUT2D eigenvalue weighted by molar-refractivity contribution is 7.92. The fraction of sp³-hybridized carbons (Fsp3) is 0.167. The second kappa shape index (κ2) is 4.74. The molecule has 1 aromatic heterocycles. The molecule has 6 nitrogen and oxygen atoms in total. The summed E-state index contributed by atoms with van der Waals surface area (Å²) in [6.07, 6.45) is 2.85. The molecule has 0 radical (unpaired) electrons. The van der Waals surface area contributed by atoms with Gasteiger partial charge >= 0.3 is 0 Å². The molecular formula is C12H12N4O2S. The lowest BCUT2D eigenvalue weighted by Gasteiger charge is -2.17. The van der Waals surface area contributed by atoms with Gasteiger partial charge < -0.3 is 4.57 Å². The van der Waals surface area contributed by atoms with Gasteiger partial charge in [0.2, 0.25) is 0 Å². The van der Waals surface area contributed by atoms with Crippen molar-refractivity contribution in [3.05, 3.63) is 42.4 Å². The van der Waals surface area contributed by atoms with Crippen molar-refractivity contribution in [3.63, 3.8) is 0 Å².